The van der Waals surface area contributed by atoms with Crippen molar-refractivity contribution in [1.82, 2.24) is 21.3 Å². The summed E-state index contributed by atoms with van der Waals surface area (Å²) in [5, 5.41) is 18.8. The Morgan fingerprint density at radius 1 is 0.564 bits per heavy atom. The van der Waals surface area contributed by atoms with Crippen molar-refractivity contribution in [1.29, 1.82) is 5.41 Å². The van der Waals surface area contributed by atoms with Gasteiger partial charge in [-0.2, -0.15) is 0 Å². The van der Waals surface area contributed by atoms with E-state index in [1.807, 2.05) is 0 Å². The third kappa shape index (κ3) is 27.4. The van der Waals surface area contributed by atoms with Crippen LogP contribution in [0.5, 0.6) is 0 Å². The highest BCUT2D eigenvalue weighted by Crippen LogP contribution is 2.13. The summed E-state index contributed by atoms with van der Waals surface area (Å²) in [5.41, 5.74) is 5.34. The second kappa shape index (κ2) is 29.0. The predicted molar refractivity (Wildman–Crippen MR) is 166 cm³/mol. The number of rotatable bonds is 28. The van der Waals surface area contributed by atoms with Crippen molar-refractivity contribution in [3.8, 4) is 0 Å². The number of unbranched alkanes of at least 4 members (excludes halogenated alkanes) is 18. The summed E-state index contributed by atoms with van der Waals surface area (Å²) in [4.78, 5) is 25.2. The Labute approximate surface area is 240 Å². The van der Waals surface area contributed by atoms with Gasteiger partial charge in [-0.05, 0) is 25.7 Å². The lowest BCUT2D eigenvalue weighted by Gasteiger charge is -2.19. The molecule has 0 spiro atoms. The maximum absolute atomic E-state index is 12.7. The van der Waals surface area contributed by atoms with Crippen molar-refractivity contribution in [2.75, 3.05) is 19.6 Å². The van der Waals surface area contributed by atoms with E-state index in [1.165, 1.54) is 103 Å². The molecule has 230 valence electrons. The molecule has 39 heavy (non-hydrogen) atoms. The van der Waals surface area contributed by atoms with Crippen LogP contribution in [0.3, 0.4) is 0 Å². The SMILES string of the molecule is CCCCCCCCCCCCCCCCNC(=O)NC(CCCNC(=N)N)C(=O)NCCCCCCCC. The molecular formula is C31H64N6O2. The fourth-order valence-electron chi connectivity index (χ4n) is 4.77. The van der Waals surface area contributed by atoms with Gasteiger partial charge in [-0.3, -0.25) is 10.2 Å². The smallest absolute Gasteiger partial charge is 0.315 e. The van der Waals surface area contributed by atoms with E-state index in [4.69, 9.17) is 11.1 Å². The predicted octanol–water partition coefficient (Wildman–Crippen LogP) is 6.88. The van der Waals surface area contributed by atoms with Gasteiger partial charge in [0.15, 0.2) is 5.96 Å². The largest absolute Gasteiger partial charge is 0.370 e. The third-order valence-corrected chi connectivity index (χ3v) is 7.25. The molecule has 1 unspecified atom stereocenters. The Kier molecular flexibility index (Phi) is 27.5. The molecule has 0 bridgehead atoms. The van der Waals surface area contributed by atoms with Gasteiger partial charge in [0, 0.05) is 19.6 Å². The average Bonchev–Trinajstić information content (AvgIpc) is 2.91. The first-order chi connectivity index (χ1) is 19.0. The van der Waals surface area contributed by atoms with Crippen molar-refractivity contribution in [3.05, 3.63) is 0 Å². The third-order valence-electron chi connectivity index (χ3n) is 7.25. The van der Waals surface area contributed by atoms with Crippen molar-refractivity contribution in [3.63, 3.8) is 0 Å². The molecule has 0 aliphatic heterocycles. The highest BCUT2D eigenvalue weighted by molar-refractivity contribution is 5.86. The van der Waals surface area contributed by atoms with Crippen LogP contribution in [0.15, 0.2) is 0 Å². The van der Waals surface area contributed by atoms with Crippen LogP contribution in [-0.4, -0.2) is 43.6 Å². The first kappa shape index (κ1) is 37.0. The minimum atomic E-state index is -0.588. The maximum Gasteiger partial charge on any atom is 0.315 e. The zero-order chi connectivity index (χ0) is 28.8. The van der Waals surface area contributed by atoms with Crippen LogP contribution in [0.25, 0.3) is 0 Å². The molecule has 0 radical (unpaired) electrons. The summed E-state index contributed by atoms with van der Waals surface area (Å²) in [6.45, 7) is 6.23. The summed E-state index contributed by atoms with van der Waals surface area (Å²) in [6, 6.07) is -0.876. The van der Waals surface area contributed by atoms with Crippen LogP contribution in [0.4, 0.5) is 4.79 Å². The van der Waals surface area contributed by atoms with E-state index in [2.05, 4.69) is 35.1 Å². The van der Waals surface area contributed by atoms with Crippen LogP contribution >= 0.6 is 0 Å². The van der Waals surface area contributed by atoms with Crippen LogP contribution in [-0.2, 0) is 4.79 Å². The van der Waals surface area contributed by atoms with Gasteiger partial charge in [0.25, 0.3) is 0 Å². The second-order valence-corrected chi connectivity index (χ2v) is 11.1. The molecule has 0 aliphatic rings. The molecule has 7 N–H and O–H groups in total. The zero-order valence-corrected chi connectivity index (χ0v) is 25.6. The van der Waals surface area contributed by atoms with Gasteiger partial charge in [-0.25, -0.2) is 4.79 Å². The maximum atomic E-state index is 12.7. The number of hydrogen-bond acceptors (Lipinski definition) is 3. The van der Waals surface area contributed by atoms with E-state index in [9.17, 15) is 9.59 Å². The molecule has 0 aliphatic carbocycles. The number of amides is 3. The van der Waals surface area contributed by atoms with Gasteiger partial charge in [-0.15, -0.1) is 0 Å². The average molecular weight is 553 g/mol. The number of carbonyl (C=O) groups is 2. The normalized spacial score (nSPS) is 11.6. The molecule has 8 heteroatoms. The van der Waals surface area contributed by atoms with Crippen LogP contribution in [0.2, 0.25) is 0 Å². The summed E-state index contributed by atoms with van der Waals surface area (Å²) in [7, 11) is 0. The van der Waals surface area contributed by atoms with Crippen molar-refractivity contribution in [2.24, 2.45) is 5.73 Å². The standard InChI is InChI=1S/C31H64N6O2/c1-3-5-7-9-11-12-13-14-15-16-17-18-20-22-26-36-31(39)37-28(24-23-27-35-30(32)33)29(38)34-25-21-19-10-8-6-4-2/h28H,3-27H2,1-2H3,(H,34,38)(H4,32,33,35)(H2,36,37,39). The number of urea groups is 1. The van der Waals surface area contributed by atoms with Gasteiger partial charge in [0.2, 0.25) is 5.91 Å². The molecule has 0 aromatic rings. The Hall–Kier alpha value is -1.99. The zero-order valence-electron chi connectivity index (χ0n) is 25.6. The number of hydrogen-bond donors (Lipinski definition) is 6. The molecule has 0 aromatic heterocycles. The van der Waals surface area contributed by atoms with E-state index in [0.29, 0.717) is 32.5 Å². The summed E-state index contributed by atoms with van der Waals surface area (Å²) in [6.07, 6.45) is 26.5. The van der Waals surface area contributed by atoms with E-state index >= 15 is 0 Å². The minimum absolute atomic E-state index is 0.0852. The Morgan fingerprint density at radius 3 is 1.38 bits per heavy atom. The Bertz CT molecular complexity index is 587. The quantitative estimate of drug-likeness (QED) is 0.0359. The van der Waals surface area contributed by atoms with Gasteiger partial charge in [-0.1, -0.05) is 129 Å². The van der Waals surface area contributed by atoms with Gasteiger partial charge in [0.1, 0.15) is 6.04 Å². The summed E-state index contributed by atoms with van der Waals surface area (Å²) < 4.78 is 0. The molecule has 1 atom stereocenters. The number of nitrogens with two attached hydrogens (primary N) is 1. The first-order valence-electron chi connectivity index (χ1n) is 16.4. The lowest BCUT2D eigenvalue weighted by molar-refractivity contribution is -0.123. The highest BCUT2D eigenvalue weighted by atomic mass is 16.2. The summed E-state index contributed by atoms with van der Waals surface area (Å²) >= 11 is 0. The molecule has 0 rings (SSSR count). The van der Waals surface area contributed by atoms with Crippen molar-refractivity contribution < 1.29 is 9.59 Å². The fourth-order valence-corrected chi connectivity index (χ4v) is 4.77. The topological polar surface area (TPSA) is 132 Å². The van der Waals surface area contributed by atoms with Crippen LogP contribution in [0, 0.1) is 5.41 Å². The van der Waals surface area contributed by atoms with E-state index in [1.54, 1.807) is 0 Å². The second-order valence-electron chi connectivity index (χ2n) is 11.1. The first-order valence-corrected chi connectivity index (χ1v) is 16.4. The summed E-state index contributed by atoms with van der Waals surface area (Å²) in [5.74, 6) is -0.226. The lowest BCUT2D eigenvalue weighted by Crippen LogP contribution is -2.50. The Balaban J connectivity index is 3.97. The molecule has 0 aromatic carbocycles. The molecule has 0 heterocycles. The van der Waals surface area contributed by atoms with E-state index in [0.717, 1.165) is 25.7 Å². The van der Waals surface area contributed by atoms with Crippen LogP contribution in [0.1, 0.15) is 155 Å². The van der Waals surface area contributed by atoms with Crippen LogP contribution < -0.4 is 27.0 Å². The van der Waals surface area contributed by atoms with E-state index < -0.39 is 6.04 Å². The molecule has 0 fully saturated rings. The van der Waals surface area contributed by atoms with Gasteiger partial charge >= 0.3 is 6.03 Å². The lowest BCUT2D eigenvalue weighted by atomic mass is 10.0. The van der Waals surface area contributed by atoms with Gasteiger partial charge in [0.05, 0.1) is 0 Å². The Morgan fingerprint density at radius 2 is 0.949 bits per heavy atom. The molecular weight excluding hydrogens is 488 g/mol. The molecule has 3 amide bonds. The molecule has 8 nitrogen and oxygen atoms in total. The molecule has 0 saturated heterocycles. The molecule has 0 saturated carbocycles. The monoisotopic (exact) mass is 553 g/mol. The van der Waals surface area contributed by atoms with Crippen molar-refractivity contribution >= 4 is 17.9 Å². The van der Waals surface area contributed by atoms with Crippen molar-refractivity contribution in [2.45, 2.75) is 161 Å². The highest BCUT2D eigenvalue weighted by Gasteiger charge is 2.20. The number of nitrogens with one attached hydrogen (secondary N) is 5. The fraction of sp³-hybridized carbons (Fsp3) is 0.903. The number of guanidine groups is 1. The van der Waals surface area contributed by atoms with E-state index in [-0.39, 0.29) is 17.9 Å². The number of carbonyl (C=O) groups excluding carboxylic acids is 2. The minimum Gasteiger partial charge on any atom is -0.370 e. The van der Waals surface area contributed by atoms with Gasteiger partial charge < -0.3 is 27.0 Å².